The molecule has 98 valence electrons. The number of carbonyl (C=O) groups excluding carboxylic acids is 1. The van der Waals surface area contributed by atoms with E-state index in [-0.39, 0.29) is 18.1 Å². The first kappa shape index (κ1) is 12.5. The molecule has 0 aromatic carbocycles. The van der Waals surface area contributed by atoms with E-state index in [4.69, 9.17) is 5.11 Å². The van der Waals surface area contributed by atoms with Gasteiger partial charge in [0.05, 0.1) is 6.20 Å². The molecule has 2 rings (SSSR count). The summed E-state index contributed by atoms with van der Waals surface area (Å²) >= 11 is 0. The molecule has 2 N–H and O–H groups in total. The Bertz CT molecular complexity index is 465. The number of aromatic carboxylic acids is 1. The van der Waals surface area contributed by atoms with Gasteiger partial charge < -0.3 is 10.4 Å². The van der Waals surface area contributed by atoms with Crippen molar-refractivity contribution < 1.29 is 14.7 Å². The number of carbonyl (C=O) groups is 2. The molecule has 0 aliphatic heterocycles. The molecular weight excluding hydrogens is 236 g/mol. The Labute approximate surface area is 104 Å². The maximum absolute atomic E-state index is 11.6. The van der Waals surface area contributed by atoms with Crippen LogP contribution >= 0.6 is 0 Å². The normalized spacial score (nSPS) is 16.3. The lowest BCUT2D eigenvalue weighted by Crippen LogP contribution is -2.29. The number of nitrogens with one attached hydrogen (secondary N) is 1. The van der Waals surface area contributed by atoms with Crippen molar-refractivity contribution >= 4 is 11.9 Å². The summed E-state index contributed by atoms with van der Waals surface area (Å²) in [5.41, 5.74) is 0.255. The van der Waals surface area contributed by atoms with Crippen LogP contribution in [0, 0.1) is 5.41 Å². The summed E-state index contributed by atoms with van der Waals surface area (Å²) in [7, 11) is 0. The minimum Gasteiger partial charge on any atom is -0.476 e. The largest absolute Gasteiger partial charge is 0.476 e. The van der Waals surface area contributed by atoms with E-state index < -0.39 is 5.97 Å². The third-order valence-corrected chi connectivity index (χ3v) is 3.22. The van der Waals surface area contributed by atoms with Crippen LogP contribution in [-0.4, -0.2) is 38.5 Å². The lowest BCUT2D eigenvalue weighted by atomic mass is 10.1. The zero-order valence-electron chi connectivity index (χ0n) is 10.2. The molecule has 1 aromatic heterocycles. The molecule has 1 aliphatic carbocycles. The molecule has 0 radical (unpaired) electrons. The molecule has 1 aliphatic rings. The number of aromatic nitrogens is 3. The van der Waals surface area contributed by atoms with Crippen LogP contribution in [0.15, 0.2) is 6.20 Å². The summed E-state index contributed by atoms with van der Waals surface area (Å²) < 4.78 is 1.22. The Morgan fingerprint density at radius 1 is 1.56 bits per heavy atom. The van der Waals surface area contributed by atoms with Gasteiger partial charge >= 0.3 is 5.97 Å². The van der Waals surface area contributed by atoms with Crippen molar-refractivity contribution in [2.24, 2.45) is 5.41 Å². The molecule has 18 heavy (non-hydrogen) atoms. The van der Waals surface area contributed by atoms with Crippen LogP contribution in [0.3, 0.4) is 0 Å². The van der Waals surface area contributed by atoms with E-state index in [0.29, 0.717) is 12.0 Å². The van der Waals surface area contributed by atoms with Gasteiger partial charge in [-0.1, -0.05) is 12.1 Å². The van der Waals surface area contributed by atoms with Crippen LogP contribution < -0.4 is 5.32 Å². The van der Waals surface area contributed by atoms with Crippen molar-refractivity contribution in [3.63, 3.8) is 0 Å². The van der Waals surface area contributed by atoms with Gasteiger partial charge in [-0.3, -0.25) is 4.79 Å². The average Bonchev–Trinajstić information content (AvgIpc) is 2.85. The number of carboxylic acids is 1. The van der Waals surface area contributed by atoms with Crippen LogP contribution in [0.5, 0.6) is 0 Å². The van der Waals surface area contributed by atoms with Crippen LogP contribution in [0.1, 0.15) is 36.7 Å². The molecular formula is C11H16N4O3. The highest BCUT2D eigenvalue weighted by Gasteiger charge is 2.36. The van der Waals surface area contributed by atoms with Crippen molar-refractivity contribution in [3.05, 3.63) is 11.9 Å². The van der Waals surface area contributed by atoms with Crippen LogP contribution in [-0.2, 0) is 11.3 Å². The molecule has 7 nitrogen and oxygen atoms in total. The fourth-order valence-corrected chi connectivity index (χ4v) is 1.64. The molecule has 1 amide bonds. The van der Waals surface area contributed by atoms with Gasteiger partial charge in [-0.15, -0.1) is 5.10 Å². The number of rotatable bonds is 6. The SMILES string of the molecule is CC1(CCNC(=O)Cn2cc(C(=O)O)nn2)CC1. The highest BCUT2D eigenvalue weighted by atomic mass is 16.4. The monoisotopic (exact) mass is 252 g/mol. The van der Waals surface area contributed by atoms with E-state index in [2.05, 4.69) is 22.6 Å². The van der Waals surface area contributed by atoms with Gasteiger partial charge in [0, 0.05) is 6.54 Å². The lowest BCUT2D eigenvalue weighted by molar-refractivity contribution is -0.121. The fraction of sp³-hybridized carbons (Fsp3) is 0.636. The van der Waals surface area contributed by atoms with Gasteiger partial charge in [0.15, 0.2) is 5.69 Å². The average molecular weight is 252 g/mol. The minimum absolute atomic E-state index is 0.00298. The number of carboxylic acid groups (broad SMARTS) is 1. The zero-order chi connectivity index (χ0) is 13.2. The first-order chi connectivity index (χ1) is 8.48. The summed E-state index contributed by atoms with van der Waals surface area (Å²) in [6.45, 7) is 2.85. The highest BCUT2D eigenvalue weighted by molar-refractivity contribution is 5.84. The Morgan fingerprint density at radius 3 is 2.83 bits per heavy atom. The third kappa shape index (κ3) is 3.28. The maximum atomic E-state index is 11.6. The molecule has 0 bridgehead atoms. The van der Waals surface area contributed by atoms with Gasteiger partial charge in [-0.05, 0) is 24.7 Å². The molecule has 7 heteroatoms. The summed E-state index contributed by atoms with van der Waals surface area (Å²) in [5.74, 6) is -1.33. The number of hydrogen-bond donors (Lipinski definition) is 2. The predicted molar refractivity (Wildman–Crippen MR) is 61.9 cm³/mol. The summed E-state index contributed by atoms with van der Waals surface area (Å²) in [5, 5.41) is 18.4. The number of hydrogen-bond acceptors (Lipinski definition) is 4. The second kappa shape index (κ2) is 4.75. The smallest absolute Gasteiger partial charge is 0.358 e. The molecule has 1 saturated carbocycles. The lowest BCUT2D eigenvalue weighted by Gasteiger charge is -2.08. The molecule has 1 fully saturated rings. The molecule has 0 atom stereocenters. The Kier molecular flexibility index (Phi) is 3.31. The highest BCUT2D eigenvalue weighted by Crippen LogP contribution is 2.47. The molecule has 1 heterocycles. The van der Waals surface area contributed by atoms with Crippen molar-refractivity contribution in [1.82, 2.24) is 20.3 Å². The minimum atomic E-state index is -1.15. The number of nitrogens with zero attached hydrogens (tertiary/aromatic N) is 3. The van der Waals surface area contributed by atoms with Gasteiger partial charge in [-0.2, -0.15) is 0 Å². The third-order valence-electron chi connectivity index (χ3n) is 3.22. The molecule has 0 spiro atoms. The van der Waals surface area contributed by atoms with Crippen LogP contribution in [0.4, 0.5) is 0 Å². The summed E-state index contributed by atoms with van der Waals surface area (Å²) in [6.07, 6.45) is 4.68. The van der Waals surface area contributed by atoms with E-state index in [9.17, 15) is 9.59 Å². The second-order valence-corrected chi connectivity index (χ2v) is 5.02. The van der Waals surface area contributed by atoms with Crippen molar-refractivity contribution in [3.8, 4) is 0 Å². The predicted octanol–water partition coefficient (Wildman–Crippen LogP) is 0.283. The van der Waals surface area contributed by atoms with Crippen molar-refractivity contribution in [2.45, 2.75) is 32.7 Å². The van der Waals surface area contributed by atoms with E-state index in [0.717, 1.165) is 6.42 Å². The van der Waals surface area contributed by atoms with Crippen LogP contribution in [0.25, 0.3) is 0 Å². The summed E-state index contributed by atoms with van der Waals surface area (Å²) in [4.78, 5) is 22.1. The maximum Gasteiger partial charge on any atom is 0.358 e. The standard InChI is InChI=1S/C11H16N4O3/c1-11(2-3-11)4-5-12-9(16)7-15-6-8(10(17)18)13-14-15/h6H,2-5,7H2,1H3,(H,12,16)(H,17,18). The topological polar surface area (TPSA) is 97.1 Å². The van der Waals surface area contributed by atoms with E-state index in [1.165, 1.54) is 23.7 Å². The van der Waals surface area contributed by atoms with Crippen molar-refractivity contribution in [1.29, 1.82) is 0 Å². The molecule has 0 unspecified atom stereocenters. The van der Waals surface area contributed by atoms with Gasteiger partial charge in [0.2, 0.25) is 5.91 Å². The quantitative estimate of drug-likeness (QED) is 0.758. The van der Waals surface area contributed by atoms with E-state index in [1.807, 2.05) is 0 Å². The molecule has 1 aromatic rings. The van der Waals surface area contributed by atoms with E-state index >= 15 is 0 Å². The first-order valence-corrected chi connectivity index (χ1v) is 5.89. The van der Waals surface area contributed by atoms with Gasteiger partial charge in [0.25, 0.3) is 0 Å². The Morgan fingerprint density at radius 2 is 2.28 bits per heavy atom. The van der Waals surface area contributed by atoms with Gasteiger partial charge in [0.1, 0.15) is 6.54 Å². The first-order valence-electron chi connectivity index (χ1n) is 5.89. The Balaban J connectivity index is 1.74. The fourth-order valence-electron chi connectivity index (χ4n) is 1.64. The van der Waals surface area contributed by atoms with Gasteiger partial charge in [-0.25, -0.2) is 9.48 Å². The van der Waals surface area contributed by atoms with Crippen LogP contribution in [0.2, 0.25) is 0 Å². The Hall–Kier alpha value is -1.92. The number of amides is 1. The molecule has 0 saturated heterocycles. The zero-order valence-corrected chi connectivity index (χ0v) is 10.2. The second-order valence-electron chi connectivity index (χ2n) is 5.02. The van der Waals surface area contributed by atoms with E-state index in [1.54, 1.807) is 0 Å². The summed E-state index contributed by atoms with van der Waals surface area (Å²) in [6, 6.07) is 0. The van der Waals surface area contributed by atoms with Crippen molar-refractivity contribution in [2.75, 3.05) is 6.54 Å².